The maximum Gasteiger partial charge on any atom is 0.416 e. The summed E-state index contributed by atoms with van der Waals surface area (Å²) in [5.74, 6) is 0. The van der Waals surface area contributed by atoms with Crippen LogP contribution in [0.3, 0.4) is 0 Å². The number of nitriles is 1. The van der Waals surface area contributed by atoms with Gasteiger partial charge in [0.05, 0.1) is 17.2 Å². The first kappa shape index (κ1) is 13.2. The summed E-state index contributed by atoms with van der Waals surface area (Å²) in [7, 11) is 0. The summed E-state index contributed by atoms with van der Waals surface area (Å²) in [5, 5.41) is 8.83. The molecule has 19 heavy (non-hydrogen) atoms. The van der Waals surface area contributed by atoms with E-state index in [-0.39, 0.29) is 5.56 Å². The molecular formula is C15H10F3N. The molecule has 0 aliphatic heterocycles. The number of halogens is 3. The SMILES string of the molecule is Cc1ccc(-c2cc(C#N)cc(C(F)(F)F)c2)cc1. The molecule has 0 fully saturated rings. The summed E-state index contributed by atoms with van der Waals surface area (Å²) in [5.41, 5.74) is 1.28. The fraction of sp³-hybridized carbons (Fsp3) is 0.133. The van der Waals surface area contributed by atoms with Gasteiger partial charge in [0.15, 0.2) is 0 Å². The van der Waals surface area contributed by atoms with Crippen molar-refractivity contribution in [1.29, 1.82) is 5.26 Å². The van der Waals surface area contributed by atoms with E-state index in [9.17, 15) is 13.2 Å². The lowest BCUT2D eigenvalue weighted by Gasteiger charge is -2.10. The maximum absolute atomic E-state index is 12.8. The molecule has 0 saturated heterocycles. The van der Waals surface area contributed by atoms with Gasteiger partial charge in [0.25, 0.3) is 0 Å². The van der Waals surface area contributed by atoms with Gasteiger partial charge in [-0.05, 0) is 36.2 Å². The topological polar surface area (TPSA) is 23.8 Å². The molecule has 2 aromatic rings. The van der Waals surface area contributed by atoms with Crippen molar-refractivity contribution in [2.45, 2.75) is 13.1 Å². The van der Waals surface area contributed by atoms with E-state index in [2.05, 4.69) is 0 Å². The average Bonchev–Trinajstić information content (AvgIpc) is 2.38. The molecule has 0 N–H and O–H groups in total. The van der Waals surface area contributed by atoms with E-state index in [4.69, 9.17) is 5.26 Å². The molecule has 0 bridgehead atoms. The second-order valence-electron chi connectivity index (χ2n) is 4.27. The van der Waals surface area contributed by atoms with Crippen LogP contribution >= 0.6 is 0 Å². The fourth-order valence-electron chi connectivity index (χ4n) is 1.77. The van der Waals surface area contributed by atoms with Gasteiger partial charge in [-0.25, -0.2) is 0 Å². The fourth-order valence-corrected chi connectivity index (χ4v) is 1.77. The molecule has 0 atom stereocenters. The third-order valence-corrected chi connectivity index (χ3v) is 2.77. The number of rotatable bonds is 1. The molecule has 0 amide bonds. The predicted molar refractivity (Wildman–Crippen MR) is 66.3 cm³/mol. The van der Waals surface area contributed by atoms with Crippen LogP contribution in [0.2, 0.25) is 0 Å². The third-order valence-electron chi connectivity index (χ3n) is 2.77. The van der Waals surface area contributed by atoms with Crippen LogP contribution in [0, 0.1) is 18.3 Å². The van der Waals surface area contributed by atoms with Gasteiger partial charge >= 0.3 is 6.18 Å². The van der Waals surface area contributed by atoms with E-state index < -0.39 is 11.7 Å². The Bertz CT molecular complexity index is 634. The van der Waals surface area contributed by atoms with Crippen molar-refractivity contribution in [3.63, 3.8) is 0 Å². The number of aryl methyl sites for hydroxylation is 1. The number of hydrogen-bond acceptors (Lipinski definition) is 1. The first-order chi connectivity index (χ1) is 8.90. The lowest BCUT2D eigenvalue weighted by molar-refractivity contribution is -0.137. The quantitative estimate of drug-likeness (QED) is 0.738. The molecular weight excluding hydrogens is 251 g/mol. The molecule has 0 saturated carbocycles. The largest absolute Gasteiger partial charge is 0.416 e. The highest BCUT2D eigenvalue weighted by Gasteiger charge is 2.31. The van der Waals surface area contributed by atoms with Crippen molar-refractivity contribution in [3.8, 4) is 17.2 Å². The molecule has 0 spiro atoms. The molecule has 96 valence electrons. The van der Waals surface area contributed by atoms with Crippen LogP contribution in [0.4, 0.5) is 13.2 Å². The van der Waals surface area contributed by atoms with Gasteiger partial charge in [-0.2, -0.15) is 18.4 Å². The molecule has 0 unspecified atom stereocenters. The number of nitrogens with zero attached hydrogens (tertiary/aromatic N) is 1. The van der Waals surface area contributed by atoms with Crippen molar-refractivity contribution in [3.05, 3.63) is 59.2 Å². The zero-order chi connectivity index (χ0) is 14.0. The highest BCUT2D eigenvalue weighted by Crippen LogP contribution is 2.33. The smallest absolute Gasteiger partial charge is 0.192 e. The Labute approximate surface area is 108 Å². The summed E-state index contributed by atoms with van der Waals surface area (Å²) in [6, 6.07) is 12.3. The summed E-state index contributed by atoms with van der Waals surface area (Å²) in [6.45, 7) is 1.90. The minimum absolute atomic E-state index is 0.00500. The Hall–Kier alpha value is -2.28. The van der Waals surface area contributed by atoms with Gasteiger partial charge < -0.3 is 0 Å². The number of benzene rings is 2. The standard InChI is InChI=1S/C15H10F3N/c1-10-2-4-12(5-3-10)13-6-11(9-19)7-14(8-13)15(16,17)18/h2-8H,1H3. The van der Waals surface area contributed by atoms with E-state index in [1.54, 1.807) is 18.2 Å². The van der Waals surface area contributed by atoms with E-state index in [0.717, 1.165) is 17.7 Å². The molecule has 0 aromatic heterocycles. The summed E-state index contributed by atoms with van der Waals surface area (Å²) in [6.07, 6.45) is -4.45. The first-order valence-corrected chi connectivity index (χ1v) is 5.59. The molecule has 0 aliphatic rings. The molecule has 0 heterocycles. The van der Waals surface area contributed by atoms with Crippen LogP contribution in [0.1, 0.15) is 16.7 Å². The lowest BCUT2D eigenvalue weighted by Crippen LogP contribution is -2.05. The van der Waals surface area contributed by atoms with Gasteiger partial charge in [0, 0.05) is 0 Å². The normalized spacial score (nSPS) is 11.1. The second kappa shape index (κ2) is 4.77. The van der Waals surface area contributed by atoms with E-state index in [1.807, 2.05) is 19.1 Å². The van der Waals surface area contributed by atoms with Crippen molar-refractivity contribution in [2.75, 3.05) is 0 Å². The minimum Gasteiger partial charge on any atom is -0.192 e. The first-order valence-electron chi connectivity index (χ1n) is 5.59. The van der Waals surface area contributed by atoms with Crippen LogP contribution in [0.5, 0.6) is 0 Å². The lowest BCUT2D eigenvalue weighted by atomic mass is 9.99. The summed E-state index contributed by atoms with van der Waals surface area (Å²) in [4.78, 5) is 0. The molecule has 2 rings (SSSR count). The average molecular weight is 261 g/mol. The van der Waals surface area contributed by atoms with E-state index in [1.165, 1.54) is 6.07 Å². The maximum atomic E-state index is 12.8. The highest BCUT2D eigenvalue weighted by molar-refractivity contribution is 5.66. The molecule has 1 nitrogen and oxygen atoms in total. The highest BCUT2D eigenvalue weighted by atomic mass is 19.4. The Morgan fingerprint density at radius 2 is 1.58 bits per heavy atom. The van der Waals surface area contributed by atoms with Gasteiger partial charge in [-0.15, -0.1) is 0 Å². The van der Waals surface area contributed by atoms with Crippen LogP contribution in [0.15, 0.2) is 42.5 Å². The Morgan fingerprint density at radius 1 is 0.947 bits per heavy atom. The van der Waals surface area contributed by atoms with Gasteiger partial charge in [-0.1, -0.05) is 29.8 Å². The minimum atomic E-state index is -4.45. The van der Waals surface area contributed by atoms with Crippen LogP contribution in [0.25, 0.3) is 11.1 Å². The van der Waals surface area contributed by atoms with Crippen molar-refractivity contribution >= 4 is 0 Å². The number of alkyl halides is 3. The Morgan fingerprint density at radius 3 is 2.11 bits per heavy atom. The van der Waals surface area contributed by atoms with Gasteiger partial charge in [0.1, 0.15) is 0 Å². The molecule has 0 aliphatic carbocycles. The number of hydrogen-bond donors (Lipinski definition) is 0. The van der Waals surface area contributed by atoms with Crippen molar-refractivity contribution in [1.82, 2.24) is 0 Å². The zero-order valence-corrected chi connectivity index (χ0v) is 10.1. The van der Waals surface area contributed by atoms with Crippen LogP contribution < -0.4 is 0 Å². The zero-order valence-electron chi connectivity index (χ0n) is 10.1. The summed E-state index contributed by atoms with van der Waals surface area (Å²) >= 11 is 0. The van der Waals surface area contributed by atoms with E-state index in [0.29, 0.717) is 11.1 Å². The molecule has 0 radical (unpaired) electrons. The monoisotopic (exact) mass is 261 g/mol. The predicted octanol–water partition coefficient (Wildman–Crippen LogP) is 4.55. The third kappa shape index (κ3) is 2.94. The van der Waals surface area contributed by atoms with E-state index >= 15 is 0 Å². The second-order valence-corrected chi connectivity index (χ2v) is 4.27. The Kier molecular flexibility index (Phi) is 3.30. The Balaban J connectivity index is 2.58. The van der Waals surface area contributed by atoms with Crippen LogP contribution in [-0.2, 0) is 6.18 Å². The van der Waals surface area contributed by atoms with Crippen molar-refractivity contribution in [2.24, 2.45) is 0 Å². The summed E-state index contributed by atoms with van der Waals surface area (Å²) < 4.78 is 38.3. The van der Waals surface area contributed by atoms with Crippen LogP contribution in [-0.4, -0.2) is 0 Å². The van der Waals surface area contributed by atoms with Gasteiger partial charge in [0.2, 0.25) is 0 Å². The molecule has 2 aromatic carbocycles. The van der Waals surface area contributed by atoms with Gasteiger partial charge in [-0.3, -0.25) is 0 Å². The molecule has 4 heteroatoms. The van der Waals surface area contributed by atoms with Crippen molar-refractivity contribution < 1.29 is 13.2 Å².